The van der Waals surface area contributed by atoms with Gasteiger partial charge in [0.25, 0.3) is 0 Å². The fraction of sp³-hybridized carbons (Fsp3) is 0.400. The highest BCUT2D eigenvalue weighted by Crippen LogP contribution is 2.25. The van der Waals surface area contributed by atoms with Crippen LogP contribution in [0.5, 0.6) is 5.75 Å². The molecular weight excluding hydrogens is 204 g/mol. The summed E-state index contributed by atoms with van der Waals surface area (Å²) in [6, 6.07) is 2.05. The fourth-order valence-electron chi connectivity index (χ4n) is 1.30. The second kappa shape index (κ2) is 5.04. The van der Waals surface area contributed by atoms with Crippen LogP contribution in [0, 0.1) is 11.6 Å². The second-order valence-electron chi connectivity index (χ2n) is 2.91. The molecule has 0 radical (unpaired) electrons. The molecule has 0 aliphatic rings. The van der Waals surface area contributed by atoms with Crippen LogP contribution in [0.25, 0.3) is 0 Å². The second-order valence-corrected chi connectivity index (χ2v) is 2.91. The van der Waals surface area contributed by atoms with E-state index in [1.165, 1.54) is 14.2 Å². The molecule has 3 nitrogen and oxygen atoms in total. The molecule has 1 unspecified atom stereocenters. The number of ether oxygens (including phenoxy) is 2. The third-order valence-electron chi connectivity index (χ3n) is 2.05. The summed E-state index contributed by atoms with van der Waals surface area (Å²) in [7, 11) is 4.28. The maximum Gasteiger partial charge on any atom is 0.165 e. The van der Waals surface area contributed by atoms with Gasteiger partial charge in [-0.15, -0.1) is 0 Å². The van der Waals surface area contributed by atoms with E-state index in [1.807, 2.05) is 0 Å². The number of nitrogens with one attached hydrogen (secondary N) is 1. The summed E-state index contributed by atoms with van der Waals surface area (Å²) in [4.78, 5) is 0. The van der Waals surface area contributed by atoms with Gasteiger partial charge in [-0.3, -0.25) is 5.32 Å². The van der Waals surface area contributed by atoms with Crippen LogP contribution in [-0.4, -0.2) is 21.3 Å². The molecule has 1 aromatic carbocycles. The van der Waals surface area contributed by atoms with Crippen LogP contribution in [0.3, 0.4) is 0 Å². The van der Waals surface area contributed by atoms with E-state index in [0.29, 0.717) is 0 Å². The smallest absolute Gasteiger partial charge is 0.165 e. The normalized spacial score (nSPS) is 12.6. The van der Waals surface area contributed by atoms with Crippen molar-refractivity contribution in [1.29, 1.82) is 0 Å². The molecular formula is C10H13F2NO2. The van der Waals surface area contributed by atoms with Gasteiger partial charge in [0.1, 0.15) is 12.0 Å². The largest absolute Gasteiger partial charge is 0.494 e. The van der Waals surface area contributed by atoms with E-state index in [2.05, 4.69) is 10.1 Å². The van der Waals surface area contributed by atoms with E-state index in [1.54, 1.807) is 7.05 Å². The molecule has 0 saturated heterocycles. The minimum absolute atomic E-state index is 0.110. The molecule has 0 heterocycles. The molecule has 1 rings (SSSR count). The number of hydrogen-bond donors (Lipinski definition) is 1. The fourth-order valence-corrected chi connectivity index (χ4v) is 1.30. The van der Waals surface area contributed by atoms with Crippen molar-refractivity contribution in [2.24, 2.45) is 0 Å². The molecule has 1 N–H and O–H groups in total. The van der Waals surface area contributed by atoms with Gasteiger partial charge in [-0.2, -0.15) is 0 Å². The predicted octanol–water partition coefficient (Wildman–Crippen LogP) is 1.84. The Hall–Kier alpha value is -1.20. The van der Waals surface area contributed by atoms with Crippen molar-refractivity contribution < 1.29 is 18.3 Å². The molecule has 0 spiro atoms. The first-order chi connectivity index (χ1) is 7.13. The maximum atomic E-state index is 13.5. The third kappa shape index (κ3) is 2.43. The number of halogens is 2. The minimum Gasteiger partial charge on any atom is -0.494 e. The predicted molar refractivity (Wildman–Crippen MR) is 51.7 cm³/mol. The topological polar surface area (TPSA) is 30.5 Å². The van der Waals surface area contributed by atoms with Crippen molar-refractivity contribution in [1.82, 2.24) is 5.32 Å². The molecule has 0 amide bonds. The Kier molecular flexibility index (Phi) is 3.99. The van der Waals surface area contributed by atoms with E-state index in [0.717, 1.165) is 12.1 Å². The molecule has 84 valence electrons. The van der Waals surface area contributed by atoms with Gasteiger partial charge in [-0.1, -0.05) is 0 Å². The van der Waals surface area contributed by atoms with E-state index in [-0.39, 0.29) is 11.3 Å². The Morgan fingerprint density at radius 1 is 1.20 bits per heavy atom. The van der Waals surface area contributed by atoms with E-state index < -0.39 is 17.9 Å². The van der Waals surface area contributed by atoms with E-state index in [4.69, 9.17) is 4.74 Å². The Labute approximate surface area is 87.0 Å². The first-order valence-corrected chi connectivity index (χ1v) is 4.37. The zero-order valence-corrected chi connectivity index (χ0v) is 8.80. The Bertz CT molecular complexity index is 340. The van der Waals surface area contributed by atoms with Crippen molar-refractivity contribution in [2.75, 3.05) is 21.3 Å². The highest BCUT2D eigenvalue weighted by molar-refractivity contribution is 5.31. The van der Waals surface area contributed by atoms with Crippen LogP contribution >= 0.6 is 0 Å². The molecule has 5 heteroatoms. The summed E-state index contributed by atoms with van der Waals surface area (Å²) >= 11 is 0. The van der Waals surface area contributed by atoms with Crippen LogP contribution in [0.15, 0.2) is 12.1 Å². The van der Waals surface area contributed by atoms with Crippen molar-refractivity contribution >= 4 is 0 Å². The van der Waals surface area contributed by atoms with E-state index in [9.17, 15) is 8.78 Å². The SMILES string of the molecule is CNC(OC)c1cc(F)c(OC)cc1F. The highest BCUT2D eigenvalue weighted by atomic mass is 19.1. The van der Waals surface area contributed by atoms with Gasteiger partial charge in [0.05, 0.1) is 7.11 Å². The molecule has 0 saturated carbocycles. The lowest BCUT2D eigenvalue weighted by molar-refractivity contribution is 0.0774. The lowest BCUT2D eigenvalue weighted by Gasteiger charge is -2.16. The van der Waals surface area contributed by atoms with Gasteiger partial charge < -0.3 is 9.47 Å². The lowest BCUT2D eigenvalue weighted by Crippen LogP contribution is -2.19. The number of hydrogen-bond acceptors (Lipinski definition) is 3. The molecule has 1 atom stereocenters. The number of benzene rings is 1. The Morgan fingerprint density at radius 2 is 1.87 bits per heavy atom. The summed E-state index contributed by atoms with van der Waals surface area (Å²) < 4.78 is 36.4. The van der Waals surface area contributed by atoms with Crippen molar-refractivity contribution in [3.05, 3.63) is 29.3 Å². The first kappa shape index (κ1) is 11.9. The van der Waals surface area contributed by atoms with Crippen molar-refractivity contribution in [2.45, 2.75) is 6.23 Å². The summed E-state index contributed by atoms with van der Waals surface area (Å²) in [5.74, 6) is -1.32. The maximum absolute atomic E-state index is 13.5. The summed E-state index contributed by atoms with van der Waals surface area (Å²) in [5, 5.41) is 2.70. The van der Waals surface area contributed by atoms with Crippen LogP contribution in [0.2, 0.25) is 0 Å². The van der Waals surface area contributed by atoms with Gasteiger partial charge in [-0.25, -0.2) is 8.78 Å². The van der Waals surface area contributed by atoms with Gasteiger partial charge in [0.2, 0.25) is 0 Å². The quantitative estimate of drug-likeness (QED) is 0.780. The van der Waals surface area contributed by atoms with Gasteiger partial charge in [-0.05, 0) is 13.1 Å². The highest BCUT2D eigenvalue weighted by Gasteiger charge is 2.17. The zero-order chi connectivity index (χ0) is 11.4. The van der Waals surface area contributed by atoms with Crippen LogP contribution < -0.4 is 10.1 Å². The van der Waals surface area contributed by atoms with Crippen LogP contribution in [-0.2, 0) is 4.74 Å². The monoisotopic (exact) mass is 217 g/mol. The number of methoxy groups -OCH3 is 2. The minimum atomic E-state index is -0.676. The number of rotatable bonds is 4. The Balaban J connectivity index is 3.14. The van der Waals surface area contributed by atoms with Crippen molar-refractivity contribution in [3.8, 4) is 5.75 Å². The van der Waals surface area contributed by atoms with Crippen molar-refractivity contribution in [3.63, 3.8) is 0 Å². The standard InChI is InChI=1S/C10H13F2NO2/c1-13-10(15-3)6-4-8(12)9(14-2)5-7(6)11/h4-5,10,13H,1-3H3. The molecule has 0 aliphatic carbocycles. The molecule has 15 heavy (non-hydrogen) atoms. The summed E-state index contributed by atoms with van der Waals surface area (Å²) in [6.07, 6.45) is -0.676. The average Bonchev–Trinajstić information content (AvgIpc) is 2.24. The average molecular weight is 217 g/mol. The summed E-state index contributed by atoms with van der Waals surface area (Å²) in [5.41, 5.74) is 0.110. The molecule has 1 aromatic rings. The molecule has 0 fully saturated rings. The zero-order valence-electron chi connectivity index (χ0n) is 8.80. The third-order valence-corrected chi connectivity index (χ3v) is 2.05. The van der Waals surface area contributed by atoms with Crippen LogP contribution in [0.4, 0.5) is 8.78 Å². The Morgan fingerprint density at radius 3 is 2.33 bits per heavy atom. The first-order valence-electron chi connectivity index (χ1n) is 4.37. The summed E-state index contributed by atoms with van der Waals surface area (Å²) in [6.45, 7) is 0. The van der Waals surface area contributed by atoms with Gasteiger partial charge >= 0.3 is 0 Å². The molecule has 0 aliphatic heterocycles. The van der Waals surface area contributed by atoms with Gasteiger partial charge in [0, 0.05) is 18.7 Å². The molecule has 0 aromatic heterocycles. The molecule has 0 bridgehead atoms. The van der Waals surface area contributed by atoms with E-state index >= 15 is 0 Å². The van der Waals surface area contributed by atoms with Crippen LogP contribution in [0.1, 0.15) is 11.8 Å². The van der Waals surface area contributed by atoms with Gasteiger partial charge in [0.15, 0.2) is 11.6 Å². The lowest BCUT2D eigenvalue weighted by atomic mass is 10.1.